The highest BCUT2D eigenvalue weighted by Crippen LogP contribution is 2.24. The number of ether oxygens (including phenoxy) is 1. The van der Waals surface area contributed by atoms with Gasteiger partial charge in [0, 0.05) is 30.6 Å². The highest BCUT2D eigenvalue weighted by Gasteiger charge is 2.32. The van der Waals surface area contributed by atoms with Crippen LogP contribution in [0.1, 0.15) is 56.3 Å². The summed E-state index contributed by atoms with van der Waals surface area (Å²) in [5.41, 5.74) is -0.515. The van der Waals surface area contributed by atoms with Gasteiger partial charge in [-0.25, -0.2) is 9.78 Å². The van der Waals surface area contributed by atoms with Gasteiger partial charge >= 0.3 is 6.09 Å². The number of piperidine rings is 1. The van der Waals surface area contributed by atoms with Crippen molar-refractivity contribution < 1.29 is 14.3 Å². The van der Waals surface area contributed by atoms with E-state index < -0.39 is 5.60 Å². The number of aromatic nitrogens is 1. The molecule has 0 spiro atoms. The van der Waals surface area contributed by atoms with Crippen LogP contribution in [0.3, 0.4) is 0 Å². The first-order valence-electron chi connectivity index (χ1n) is 7.29. The van der Waals surface area contributed by atoms with E-state index in [-0.39, 0.29) is 17.9 Å². The minimum atomic E-state index is -0.515. The molecule has 1 atom stereocenters. The molecular formula is C15H22N2O3S. The van der Waals surface area contributed by atoms with Gasteiger partial charge in [0.15, 0.2) is 10.8 Å². The third-order valence-electron chi connectivity index (χ3n) is 3.35. The number of amides is 1. The lowest BCUT2D eigenvalue weighted by Gasteiger charge is -2.36. The van der Waals surface area contributed by atoms with E-state index in [1.165, 1.54) is 11.3 Å². The maximum absolute atomic E-state index is 12.3. The van der Waals surface area contributed by atoms with E-state index in [1.54, 1.807) is 16.5 Å². The number of Topliss-reactive ketones (excluding diaryl/α,β-unsaturated/α-hetero) is 1. The highest BCUT2D eigenvalue weighted by atomic mass is 32.1. The molecule has 0 bridgehead atoms. The zero-order valence-electron chi connectivity index (χ0n) is 12.8. The summed E-state index contributed by atoms with van der Waals surface area (Å²) < 4.78 is 5.44. The predicted octanol–water partition coefficient (Wildman–Crippen LogP) is 3.51. The Morgan fingerprint density at radius 3 is 2.81 bits per heavy atom. The zero-order valence-corrected chi connectivity index (χ0v) is 13.6. The maximum atomic E-state index is 12.3. The molecule has 1 aliphatic rings. The number of hydrogen-bond donors (Lipinski definition) is 0. The Balaban J connectivity index is 2.02. The molecular weight excluding hydrogens is 288 g/mol. The lowest BCUT2D eigenvalue weighted by atomic mass is 9.98. The molecule has 1 saturated heterocycles. The molecule has 2 heterocycles. The topological polar surface area (TPSA) is 59.5 Å². The second kappa shape index (κ2) is 6.56. The second-order valence-corrected chi connectivity index (χ2v) is 7.18. The van der Waals surface area contributed by atoms with Crippen LogP contribution < -0.4 is 0 Å². The van der Waals surface area contributed by atoms with Crippen molar-refractivity contribution in [3.63, 3.8) is 0 Å². The van der Waals surface area contributed by atoms with Gasteiger partial charge in [0.05, 0.1) is 0 Å². The molecule has 1 fully saturated rings. The van der Waals surface area contributed by atoms with Crippen LogP contribution in [-0.4, -0.2) is 39.9 Å². The molecule has 2 rings (SSSR count). The quantitative estimate of drug-likeness (QED) is 0.802. The van der Waals surface area contributed by atoms with E-state index in [9.17, 15) is 9.59 Å². The number of thiazole rings is 1. The average molecular weight is 310 g/mol. The molecule has 0 aliphatic carbocycles. The normalized spacial score (nSPS) is 19.4. The number of nitrogens with zero attached hydrogens (tertiary/aromatic N) is 2. The fourth-order valence-corrected chi connectivity index (χ4v) is 3.02. The van der Waals surface area contributed by atoms with Crippen LogP contribution >= 0.6 is 11.3 Å². The van der Waals surface area contributed by atoms with Crippen molar-refractivity contribution >= 4 is 23.2 Å². The molecule has 1 aliphatic heterocycles. The third-order valence-corrected chi connectivity index (χ3v) is 4.16. The van der Waals surface area contributed by atoms with E-state index in [1.807, 2.05) is 20.8 Å². The minimum absolute atomic E-state index is 0.00505. The van der Waals surface area contributed by atoms with Gasteiger partial charge in [0.2, 0.25) is 0 Å². The van der Waals surface area contributed by atoms with Crippen LogP contribution in [0.5, 0.6) is 0 Å². The van der Waals surface area contributed by atoms with Crippen molar-refractivity contribution in [2.24, 2.45) is 0 Å². The number of likely N-dealkylation sites (tertiary alicyclic amines) is 1. The molecule has 1 amide bonds. The van der Waals surface area contributed by atoms with E-state index >= 15 is 0 Å². The molecule has 0 aromatic carbocycles. The van der Waals surface area contributed by atoms with Crippen molar-refractivity contribution in [3.8, 4) is 0 Å². The van der Waals surface area contributed by atoms with E-state index in [4.69, 9.17) is 4.74 Å². The van der Waals surface area contributed by atoms with Gasteiger partial charge in [0.25, 0.3) is 0 Å². The molecule has 116 valence electrons. The first-order chi connectivity index (χ1) is 9.87. The predicted molar refractivity (Wildman–Crippen MR) is 81.6 cm³/mol. The monoisotopic (exact) mass is 310 g/mol. The molecule has 1 aromatic heterocycles. The van der Waals surface area contributed by atoms with E-state index in [0.717, 1.165) is 19.3 Å². The Bertz CT molecular complexity index is 494. The van der Waals surface area contributed by atoms with Crippen LogP contribution in [0.2, 0.25) is 0 Å². The van der Waals surface area contributed by atoms with Gasteiger partial charge in [-0.1, -0.05) is 0 Å². The Morgan fingerprint density at radius 2 is 2.19 bits per heavy atom. The van der Waals surface area contributed by atoms with Gasteiger partial charge in [-0.2, -0.15) is 0 Å². The fraction of sp³-hybridized carbons (Fsp3) is 0.667. The molecule has 6 heteroatoms. The first-order valence-corrected chi connectivity index (χ1v) is 8.17. The Labute approximate surface area is 129 Å². The summed E-state index contributed by atoms with van der Waals surface area (Å²) in [6.07, 6.45) is 4.48. The van der Waals surface area contributed by atoms with Crippen molar-refractivity contribution in [1.82, 2.24) is 9.88 Å². The average Bonchev–Trinajstić information content (AvgIpc) is 2.91. The molecule has 1 aromatic rings. The Morgan fingerprint density at radius 1 is 1.43 bits per heavy atom. The lowest BCUT2D eigenvalue weighted by molar-refractivity contribution is 0.00946. The highest BCUT2D eigenvalue weighted by molar-refractivity contribution is 7.11. The maximum Gasteiger partial charge on any atom is 0.410 e. The molecule has 0 radical (unpaired) electrons. The molecule has 0 N–H and O–H groups in total. The first kappa shape index (κ1) is 15.9. The third kappa shape index (κ3) is 4.52. The van der Waals surface area contributed by atoms with Gasteiger partial charge in [-0.15, -0.1) is 11.3 Å². The number of hydrogen-bond acceptors (Lipinski definition) is 5. The molecule has 21 heavy (non-hydrogen) atoms. The fourth-order valence-electron chi connectivity index (χ4n) is 2.44. The van der Waals surface area contributed by atoms with Crippen LogP contribution in [-0.2, 0) is 4.74 Å². The smallest absolute Gasteiger partial charge is 0.410 e. The van der Waals surface area contributed by atoms with Gasteiger partial charge in [-0.3, -0.25) is 4.79 Å². The molecule has 1 unspecified atom stereocenters. The van der Waals surface area contributed by atoms with Crippen LogP contribution in [0.25, 0.3) is 0 Å². The van der Waals surface area contributed by atoms with Crippen molar-refractivity contribution in [2.75, 3.05) is 6.54 Å². The largest absolute Gasteiger partial charge is 0.444 e. The molecule has 5 nitrogen and oxygen atoms in total. The Kier molecular flexibility index (Phi) is 4.98. The SMILES string of the molecule is CC(C)(C)OC(=O)N1CCCCC1CC(=O)c1nccs1. The van der Waals surface area contributed by atoms with Gasteiger partial charge < -0.3 is 9.64 Å². The molecule has 0 saturated carbocycles. The second-order valence-electron chi connectivity index (χ2n) is 6.29. The zero-order chi connectivity index (χ0) is 15.5. The summed E-state index contributed by atoms with van der Waals surface area (Å²) in [5, 5.41) is 2.31. The van der Waals surface area contributed by atoms with Gasteiger partial charge in [0.1, 0.15) is 5.60 Å². The summed E-state index contributed by atoms with van der Waals surface area (Å²) in [6, 6.07) is -0.0787. The minimum Gasteiger partial charge on any atom is -0.444 e. The van der Waals surface area contributed by atoms with Crippen molar-refractivity contribution in [3.05, 3.63) is 16.6 Å². The number of ketones is 1. The van der Waals surface area contributed by atoms with Crippen molar-refractivity contribution in [1.29, 1.82) is 0 Å². The van der Waals surface area contributed by atoms with E-state index in [0.29, 0.717) is 18.0 Å². The van der Waals surface area contributed by atoms with Gasteiger partial charge in [-0.05, 0) is 40.0 Å². The summed E-state index contributed by atoms with van der Waals surface area (Å²) in [6.45, 7) is 6.21. The Hall–Kier alpha value is -1.43. The summed E-state index contributed by atoms with van der Waals surface area (Å²) in [7, 11) is 0. The van der Waals surface area contributed by atoms with Crippen molar-refractivity contribution in [2.45, 2.75) is 58.1 Å². The summed E-state index contributed by atoms with van der Waals surface area (Å²) >= 11 is 1.34. The number of carbonyl (C=O) groups excluding carboxylic acids is 2. The van der Waals surface area contributed by atoms with Crippen LogP contribution in [0.15, 0.2) is 11.6 Å². The lowest BCUT2D eigenvalue weighted by Crippen LogP contribution is -2.46. The summed E-state index contributed by atoms with van der Waals surface area (Å²) in [4.78, 5) is 30.2. The van der Waals surface area contributed by atoms with Crippen LogP contribution in [0.4, 0.5) is 4.79 Å². The number of rotatable bonds is 3. The standard InChI is InChI=1S/C15H22N2O3S/c1-15(2,3)20-14(19)17-8-5-4-6-11(17)10-12(18)13-16-7-9-21-13/h7,9,11H,4-6,8,10H2,1-3H3. The van der Waals surface area contributed by atoms with E-state index in [2.05, 4.69) is 4.98 Å². The number of carbonyl (C=O) groups is 2. The summed E-state index contributed by atoms with van der Waals surface area (Å²) in [5.74, 6) is 0.00505. The van der Waals surface area contributed by atoms with Crippen LogP contribution in [0, 0.1) is 0 Å².